The summed E-state index contributed by atoms with van der Waals surface area (Å²) in [5.74, 6) is 0.565. The Hall–Kier alpha value is -0.530. The van der Waals surface area contributed by atoms with Gasteiger partial charge in [-0.15, -0.1) is 0 Å². The van der Waals surface area contributed by atoms with Crippen LogP contribution in [0.15, 0.2) is 24.3 Å². The van der Waals surface area contributed by atoms with Gasteiger partial charge in [0.05, 0.1) is 12.2 Å². The number of hydrogen-bond acceptors (Lipinski definition) is 1. The smallest absolute Gasteiger partial charge is 0.0870 e. The third kappa shape index (κ3) is 2.53. The first-order valence-electron chi connectivity index (χ1n) is 5.61. The average Bonchev–Trinajstić information content (AvgIpc) is 3.00. The summed E-state index contributed by atoms with van der Waals surface area (Å²) in [5, 5.41) is 0.873. The summed E-state index contributed by atoms with van der Waals surface area (Å²) < 4.78 is 5.60. The van der Waals surface area contributed by atoms with Crippen molar-refractivity contribution in [3.05, 3.63) is 34.9 Å². The Morgan fingerprint density at radius 3 is 2.73 bits per heavy atom. The molecule has 1 nitrogen and oxygen atoms in total. The standard InChI is InChI=1S/C13H17ClO/c1-3-12-13(15-12)9(2)8-10-6-4-5-7-11(10)14/h4-7,9,12-13H,3,8H2,1-2H3. The molecule has 1 saturated heterocycles. The van der Waals surface area contributed by atoms with Crippen LogP contribution >= 0.6 is 11.6 Å². The van der Waals surface area contributed by atoms with E-state index < -0.39 is 0 Å². The van der Waals surface area contributed by atoms with Crippen molar-refractivity contribution in [1.29, 1.82) is 0 Å². The molecule has 0 aromatic heterocycles. The Bertz CT molecular complexity index is 337. The lowest BCUT2D eigenvalue weighted by Crippen LogP contribution is -2.10. The van der Waals surface area contributed by atoms with Crippen molar-refractivity contribution in [2.24, 2.45) is 5.92 Å². The number of ether oxygens (including phenoxy) is 1. The van der Waals surface area contributed by atoms with Gasteiger partial charge >= 0.3 is 0 Å². The first kappa shape index (κ1) is 11.0. The van der Waals surface area contributed by atoms with Crippen molar-refractivity contribution >= 4 is 11.6 Å². The molecular weight excluding hydrogens is 208 g/mol. The zero-order valence-corrected chi connectivity index (χ0v) is 10.00. The lowest BCUT2D eigenvalue weighted by atomic mass is 9.96. The van der Waals surface area contributed by atoms with E-state index in [1.807, 2.05) is 18.2 Å². The number of epoxide rings is 1. The highest BCUT2D eigenvalue weighted by Crippen LogP contribution is 2.34. The van der Waals surface area contributed by atoms with E-state index in [1.54, 1.807) is 0 Å². The fourth-order valence-corrected chi connectivity index (χ4v) is 2.33. The van der Waals surface area contributed by atoms with E-state index in [4.69, 9.17) is 16.3 Å². The molecule has 1 aliphatic rings. The van der Waals surface area contributed by atoms with Crippen LogP contribution in [0.2, 0.25) is 5.02 Å². The van der Waals surface area contributed by atoms with Crippen LogP contribution < -0.4 is 0 Å². The van der Waals surface area contributed by atoms with Crippen LogP contribution in [0, 0.1) is 5.92 Å². The Morgan fingerprint density at radius 2 is 2.13 bits per heavy atom. The molecule has 82 valence electrons. The first-order valence-corrected chi connectivity index (χ1v) is 5.99. The number of halogens is 1. The first-order chi connectivity index (χ1) is 7.22. The Labute approximate surface area is 96.4 Å². The summed E-state index contributed by atoms with van der Waals surface area (Å²) in [6.45, 7) is 4.41. The maximum absolute atomic E-state index is 6.12. The quantitative estimate of drug-likeness (QED) is 0.711. The summed E-state index contributed by atoms with van der Waals surface area (Å²) in [4.78, 5) is 0. The predicted molar refractivity (Wildman–Crippen MR) is 63.3 cm³/mol. The summed E-state index contributed by atoms with van der Waals surface area (Å²) in [5.41, 5.74) is 1.23. The van der Waals surface area contributed by atoms with Crippen molar-refractivity contribution < 1.29 is 4.74 Å². The van der Waals surface area contributed by atoms with Gasteiger partial charge < -0.3 is 4.74 Å². The van der Waals surface area contributed by atoms with Crippen LogP contribution in [0.4, 0.5) is 0 Å². The summed E-state index contributed by atoms with van der Waals surface area (Å²) in [6.07, 6.45) is 3.08. The van der Waals surface area contributed by atoms with Crippen LogP contribution in [-0.4, -0.2) is 12.2 Å². The molecule has 0 aliphatic carbocycles. The van der Waals surface area contributed by atoms with Gasteiger partial charge in [0.1, 0.15) is 0 Å². The van der Waals surface area contributed by atoms with Crippen molar-refractivity contribution in [2.75, 3.05) is 0 Å². The zero-order chi connectivity index (χ0) is 10.8. The van der Waals surface area contributed by atoms with Gasteiger partial charge in [-0.25, -0.2) is 0 Å². The highest BCUT2D eigenvalue weighted by molar-refractivity contribution is 6.31. The van der Waals surface area contributed by atoms with Gasteiger partial charge in [-0.2, -0.15) is 0 Å². The fourth-order valence-electron chi connectivity index (χ4n) is 2.11. The molecule has 1 fully saturated rings. The second kappa shape index (κ2) is 4.54. The molecule has 2 rings (SSSR count). The molecule has 15 heavy (non-hydrogen) atoms. The van der Waals surface area contributed by atoms with Gasteiger partial charge in [0, 0.05) is 5.02 Å². The van der Waals surface area contributed by atoms with E-state index in [1.165, 1.54) is 5.56 Å². The van der Waals surface area contributed by atoms with Crippen LogP contribution in [0.3, 0.4) is 0 Å². The van der Waals surface area contributed by atoms with E-state index in [-0.39, 0.29) is 0 Å². The van der Waals surface area contributed by atoms with E-state index >= 15 is 0 Å². The van der Waals surface area contributed by atoms with Crippen molar-refractivity contribution in [1.82, 2.24) is 0 Å². The number of benzene rings is 1. The second-order valence-corrected chi connectivity index (χ2v) is 4.73. The van der Waals surface area contributed by atoms with Gasteiger partial charge in [-0.1, -0.05) is 43.6 Å². The lowest BCUT2D eigenvalue weighted by molar-refractivity contribution is 0.322. The van der Waals surface area contributed by atoms with Crippen LogP contribution in [0.5, 0.6) is 0 Å². The maximum Gasteiger partial charge on any atom is 0.0870 e. The molecular formula is C13H17ClO. The van der Waals surface area contributed by atoms with Crippen molar-refractivity contribution in [3.8, 4) is 0 Å². The molecule has 0 saturated carbocycles. The normalized spacial score (nSPS) is 26.3. The molecule has 0 amide bonds. The minimum atomic E-state index is 0.450. The van der Waals surface area contributed by atoms with E-state index in [0.29, 0.717) is 18.1 Å². The monoisotopic (exact) mass is 224 g/mol. The van der Waals surface area contributed by atoms with E-state index in [9.17, 15) is 0 Å². The lowest BCUT2D eigenvalue weighted by Gasteiger charge is -2.09. The topological polar surface area (TPSA) is 12.5 Å². The average molecular weight is 225 g/mol. The predicted octanol–water partition coefficient (Wildman–Crippen LogP) is 3.70. The molecule has 1 aliphatic heterocycles. The number of hydrogen-bond donors (Lipinski definition) is 0. The summed E-state index contributed by atoms with van der Waals surface area (Å²) >= 11 is 6.12. The van der Waals surface area contributed by atoms with Crippen LogP contribution in [0.1, 0.15) is 25.8 Å². The van der Waals surface area contributed by atoms with Gasteiger partial charge in [0.25, 0.3) is 0 Å². The SMILES string of the molecule is CCC1OC1C(C)Cc1ccccc1Cl. The molecule has 0 bridgehead atoms. The highest BCUT2D eigenvalue weighted by Gasteiger charge is 2.41. The second-order valence-electron chi connectivity index (χ2n) is 4.32. The van der Waals surface area contributed by atoms with E-state index in [2.05, 4.69) is 19.9 Å². The molecule has 2 heteroatoms. The Balaban J connectivity index is 1.95. The Morgan fingerprint density at radius 1 is 1.40 bits per heavy atom. The Kier molecular flexibility index (Phi) is 3.32. The third-order valence-electron chi connectivity index (χ3n) is 3.08. The van der Waals surface area contributed by atoms with Crippen LogP contribution in [-0.2, 0) is 11.2 Å². The van der Waals surface area contributed by atoms with Crippen molar-refractivity contribution in [2.45, 2.75) is 38.9 Å². The molecule has 1 heterocycles. The van der Waals surface area contributed by atoms with Crippen molar-refractivity contribution in [3.63, 3.8) is 0 Å². The molecule has 0 radical (unpaired) electrons. The van der Waals surface area contributed by atoms with Gasteiger partial charge in [-0.05, 0) is 30.4 Å². The number of rotatable bonds is 4. The molecule has 0 spiro atoms. The zero-order valence-electron chi connectivity index (χ0n) is 9.24. The van der Waals surface area contributed by atoms with Gasteiger partial charge in [0.15, 0.2) is 0 Å². The molecule has 1 aromatic rings. The van der Waals surface area contributed by atoms with E-state index in [0.717, 1.165) is 17.9 Å². The maximum atomic E-state index is 6.12. The highest BCUT2D eigenvalue weighted by atomic mass is 35.5. The molecule has 3 unspecified atom stereocenters. The summed E-state index contributed by atoms with van der Waals surface area (Å²) in [6, 6.07) is 8.06. The molecule has 0 N–H and O–H groups in total. The minimum absolute atomic E-state index is 0.450. The third-order valence-corrected chi connectivity index (χ3v) is 3.45. The summed E-state index contributed by atoms with van der Waals surface area (Å²) in [7, 11) is 0. The fraction of sp³-hybridized carbons (Fsp3) is 0.538. The van der Waals surface area contributed by atoms with Crippen LogP contribution in [0.25, 0.3) is 0 Å². The molecule has 3 atom stereocenters. The van der Waals surface area contributed by atoms with Gasteiger partial charge in [0.2, 0.25) is 0 Å². The van der Waals surface area contributed by atoms with Gasteiger partial charge in [-0.3, -0.25) is 0 Å². The minimum Gasteiger partial charge on any atom is -0.369 e. The molecule has 1 aromatic carbocycles. The largest absolute Gasteiger partial charge is 0.369 e.